The first-order valence-electron chi connectivity index (χ1n) is 10.1. The zero-order valence-electron chi connectivity index (χ0n) is 17.1. The lowest BCUT2D eigenvalue weighted by Gasteiger charge is -2.25. The molecule has 1 fully saturated rings. The Balaban J connectivity index is 1.56. The topological polar surface area (TPSA) is 80.1 Å². The van der Waals surface area contributed by atoms with Crippen molar-refractivity contribution in [3.8, 4) is 0 Å². The second-order valence-corrected chi connectivity index (χ2v) is 9.61. The average Bonchev–Trinajstić information content (AvgIpc) is 3.22. The van der Waals surface area contributed by atoms with Crippen LogP contribution in [0.2, 0.25) is 5.02 Å². The minimum absolute atomic E-state index is 0.0394. The summed E-state index contributed by atoms with van der Waals surface area (Å²) < 4.78 is 15.9. The molecule has 0 atom stereocenters. The number of benzene rings is 1. The molecule has 4 rings (SSSR count). The number of rotatable bonds is 7. The quantitative estimate of drug-likeness (QED) is 0.295. The number of carbonyl (C=O) groups is 1. The van der Waals surface area contributed by atoms with Gasteiger partial charge in [0.15, 0.2) is 15.9 Å². The van der Waals surface area contributed by atoms with E-state index in [1.807, 2.05) is 0 Å². The summed E-state index contributed by atoms with van der Waals surface area (Å²) >= 11 is 8.19. The molecule has 0 unspecified atom stereocenters. The predicted octanol–water partition coefficient (Wildman–Crippen LogP) is 4.55. The van der Waals surface area contributed by atoms with Crippen molar-refractivity contribution in [1.29, 1.82) is 0 Å². The Morgan fingerprint density at radius 2 is 2.09 bits per heavy atom. The van der Waals surface area contributed by atoms with Crippen LogP contribution in [0.25, 0.3) is 10.3 Å². The zero-order chi connectivity index (χ0) is 22.7. The van der Waals surface area contributed by atoms with E-state index in [2.05, 4.69) is 26.8 Å². The van der Waals surface area contributed by atoms with Gasteiger partial charge in [0.2, 0.25) is 5.91 Å². The Morgan fingerprint density at radius 1 is 1.31 bits per heavy atom. The number of piperidine rings is 1. The molecule has 3 aromatic rings. The van der Waals surface area contributed by atoms with Crippen LogP contribution in [0.4, 0.5) is 15.2 Å². The van der Waals surface area contributed by atoms with Crippen molar-refractivity contribution in [2.45, 2.75) is 31.0 Å². The largest absolute Gasteiger partial charge is 0.348 e. The van der Waals surface area contributed by atoms with E-state index < -0.39 is 11.7 Å². The molecule has 0 radical (unpaired) electrons. The number of anilines is 2. The fourth-order valence-electron chi connectivity index (χ4n) is 3.40. The monoisotopic (exact) mass is 493 g/mol. The first-order valence-corrected chi connectivity index (χ1v) is 12.3. The third-order valence-corrected chi connectivity index (χ3v) is 7.25. The van der Waals surface area contributed by atoms with Gasteiger partial charge in [0, 0.05) is 24.7 Å². The maximum Gasteiger partial charge on any atom is 0.274 e. The van der Waals surface area contributed by atoms with Gasteiger partial charge in [-0.25, -0.2) is 9.37 Å². The Hall–Kier alpha value is -2.43. The van der Waals surface area contributed by atoms with Gasteiger partial charge < -0.3 is 10.2 Å². The molecule has 7 nitrogen and oxygen atoms in total. The Kier molecular flexibility index (Phi) is 7.12. The highest BCUT2D eigenvalue weighted by atomic mass is 35.5. The first kappa shape index (κ1) is 22.8. The molecule has 1 aliphatic heterocycles. The van der Waals surface area contributed by atoms with Crippen LogP contribution in [-0.2, 0) is 11.3 Å². The van der Waals surface area contributed by atoms with Gasteiger partial charge in [-0.05, 0) is 37.5 Å². The van der Waals surface area contributed by atoms with E-state index in [9.17, 15) is 14.0 Å². The van der Waals surface area contributed by atoms with Crippen LogP contribution in [-0.4, -0.2) is 39.3 Å². The van der Waals surface area contributed by atoms with Gasteiger partial charge in [0.25, 0.3) is 5.56 Å². The maximum absolute atomic E-state index is 13.9. The van der Waals surface area contributed by atoms with Crippen molar-refractivity contribution in [1.82, 2.24) is 14.5 Å². The summed E-state index contributed by atoms with van der Waals surface area (Å²) in [5, 5.41) is 3.92. The lowest BCUT2D eigenvalue weighted by Crippen LogP contribution is -2.29. The smallest absolute Gasteiger partial charge is 0.274 e. The number of halogens is 2. The summed E-state index contributed by atoms with van der Waals surface area (Å²) in [7, 11) is 0. The van der Waals surface area contributed by atoms with E-state index in [1.165, 1.54) is 34.5 Å². The van der Waals surface area contributed by atoms with Crippen LogP contribution in [0.15, 0.2) is 40.8 Å². The SMILES string of the molecule is C=CCn1c(SCC(=O)Nc2ccc(Cl)cc2F)nc2nc(N3CCCCC3)sc2c1=O. The normalized spacial score (nSPS) is 14.0. The third-order valence-electron chi connectivity index (χ3n) is 4.95. The Labute approximate surface area is 197 Å². The molecular weight excluding hydrogens is 473 g/mol. The summed E-state index contributed by atoms with van der Waals surface area (Å²) in [4.78, 5) is 36.8. The number of allylic oxidation sites excluding steroid dienone is 1. The van der Waals surface area contributed by atoms with Crippen molar-refractivity contribution in [2.75, 3.05) is 29.1 Å². The van der Waals surface area contributed by atoms with Gasteiger partial charge in [-0.15, -0.1) is 6.58 Å². The molecule has 0 bridgehead atoms. The number of hydrogen-bond acceptors (Lipinski definition) is 7. The molecule has 0 spiro atoms. The molecule has 11 heteroatoms. The highest BCUT2D eigenvalue weighted by molar-refractivity contribution is 7.99. The Morgan fingerprint density at radius 3 is 2.81 bits per heavy atom. The molecule has 0 aliphatic carbocycles. The van der Waals surface area contributed by atoms with Crippen molar-refractivity contribution in [2.24, 2.45) is 0 Å². The maximum atomic E-state index is 13.9. The second kappa shape index (κ2) is 10.0. The van der Waals surface area contributed by atoms with Crippen LogP contribution in [0.5, 0.6) is 0 Å². The van der Waals surface area contributed by atoms with Crippen molar-refractivity contribution in [3.05, 3.63) is 52.0 Å². The van der Waals surface area contributed by atoms with E-state index in [1.54, 1.807) is 6.08 Å². The summed E-state index contributed by atoms with van der Waals surface area (Å²) in [6.45, 7) is 5.81. The molecule has 2 aromatic heterocycles. The molecule has 32 heavy (non-hydrogen) atoms. The van der Waals surface area contributed by atoms with Crippen molar-refractivity contribution in [3.63, 3.8) is 0 Å². The number of hydrogen-bond donors (Lipinski definition) is 1. The van der Waals surface area contributed by atoms with Gasteiger partial charge >= 0.3 is 0 Å². The minimum atomic E-state index is -0.619. The summed E-state index contributed by atoms with van der Waals surface area (Å²) in [6, 6.07) is 4.02. The van der Waals surface area contributed by atoms with Gasteiger partial charge in [-0.1, -0.05) is 40.8 Å². The van der Waals surface area contributed by atoms with Gasteiger partial charge in [0.05, 0.1) is 11.4 Å². The van der Waals surface area contributed by atoms with Gasteiger partial charge in [0.1, 0.15) is 10.5 Å². The minimum Gasteiger partial charge on any atom is -0.348 e. The number of carbonyl (C=O) groups excluding carboxylic acids is 1. The molecule has 1 N–H and O–H groups in total. The molecule has 1 amide bonds. The second-order valence-electron chi connectivity index (χ2n) is 7.26. The highest BCUT2D eigenvalue weighted by Crippen LogP contribution is 2.29. The van der Waals surface area contributed by atoms with E-state index in [0.717, 1.165) is 48.9 Å². The van der Waals surface area contributed by atoms with E-state index in [0.29, 0.717) is 15.5 Å². The number of amides is 1. The van der Waals surface area contributed by atoms with Crippen molar-refractivity contribution < 1.29 is 9.18 Å². The number of fused-ring (bicyclic) bond motifs is 1. The number of thiazole rings is 1. The van der Waals surface area contributed by atoms with Gasteiger partial charge in [-0.3, -0.25) is 14.2 Å². The highest BCUT2D eigenvalue weighted by Gasteiger charge is 2.20. The number of thioether (sulfide) groups is 1. The summed E-state index contributed by atoms with van der Waals surface area (Å²) in [5.74, 6) is -1.10. The third kappa shape index (κ3) is 4.97. The summed E-state index contributed by atoms with van der Waals surface area (Å²) in [6.07, 6.45) is 5.02. The van der Waals surface area contributed by atoms with Crippen LogP contribution in [0, 0.1) is 5.82 Å². The van der Waals surface area contributed by atoms with E-state index in [-0.39, 0.29) is 28.6 Å². The molecule has 168 valence electrons. The zero-order valence-corrected chi connectivity index (χ0v) is 19.5. The van der Waals surface area contributed by atoms with Gasteiger partial charge in [-0.2, -0.15) is 4.98 Å². The predicted molar refractivity (Wildman–Crippen MR) is 129 cm³/mol. The first-order chi connectivity index (χ1) is 15.5. The molecule has 0 saturated carbocycles. The molecular formula is C21H21ClFN5O2S2. The molecule has 1 aromatic carbocycles. The molecule has 1 aliphatic rings. The lowest BCUT2D eigenvalue weighted by atomic mass is 10.1. The fraction of sp³-hybridized carbons (Fsp3) is 0.333. The summed E-state index contributed by atoms with van der Waals surface area (Å²) in [5.41, 5.74) is 0.215. The van der Waals surface area contributed by atoms with Crippen LogP contribution in [0.3, 0.4) is 0 Å². The number of nitrogens with one attached hydrogen (secondary N) is 1. The van der Waals surface area contributed by atoms with E-state index >= 15 is 0 Å². The van der Waals surface area contributed by atoms with Crippen LogP contribution < -0.4 is 15.8 Å². The molecule has 1 saturated heterocycles. The Bertz CT molecular complexity index is 1220. The number of aromatic nitrogens is 3. The number of nitrogens with zero attached hydrogens (tertiary/aromatic N) is 4. The fourth-order valence-corrected chi connectivity index (χ4v) is 5.37. The standard InChI is InChI=1S/C21H21ClFN5O2S2/c1-2-8-28-19(30)17-18(25-20(32-17)27-9-4-3-5-10-27)26-21(28)31-12-16(29)24-15-7-6-13(22)11-14(15)23/h2,6-7,11H,1,3-5,8-10,12H2,(H,24,29). The molecule has 3 heterocycles. The van der Waals surface area contributed by atoms with Crippen molar-refractivity contribution >= 4 is 61.8 Å². The van der Waals surface area contributed by atoms with Crippen LogP contribution in [0.1, 0.15) is 19.3 Å². The van der Waals surface area contributed by atoms with E-state index in [4.69, 9.17) is 11.6 Å². The average molecular weight is 494 g/mol. The lowest BCUT2D eigenvalue weighted by molar-refractivity contribution is -0.113. The van der Waals surface area contributed by atoms with Crippen LogP contribution >= 0.6 is 34.7 Å².